The third-order valence-electron chi connectivity index (χ3n) is 4.14. The third-order valence-corrected chi connectivity index (χ3v) is 4.82. The molecule has 0 bridgehead atoms. The number of ether oxygens (including phenoxy) is 1. The number of aromatic nitrogens is 1. The largest absolute Gasteiger partial charge is 0.381 e. The Balaban J connectivity index is 2.06. The van der Waals surface area contributed by atoms with Crippen molar-refractivity contribution < 1.29 is 4.74 Å². The Hall–Kier alpha value is -1.39. The Morgan fingerprint density at radius 3 is 2.86 bits per heavy atom. The number of aryl methyl sites for hydroxylation is 1. The second-order valence-electron chi connectivity index (χ2n) is 5.62. The third kappa shape index (κ3) is 2.90. The summed E-state index contributed by atoms with van der Waals surface area (Å²) >= 11 is 3.53. The summed E-state index contributed by atoms with van der Waals surface area (Å²) in [5, 5.41) is 0. The molecule has 1 aromatic carbocycles. The number of halogens is 1. The average Bonchev–Trinajstić information content (AvgIpc) is 2.53. The number of benzene rings is 1. The Kier molecular flexibility index (Phi) is 4.79. The van der Waals surface area contributed by atoms with Crippen molar-refractivity contribution >= 4 is 15.9 Å². The highest BCUT2D eigenvalue weighted by molar-refractivity contribution is 9.10. The zero-order valence-electron chi connectivity index (χ0n) is 12.7. The van der Waals surface area contributed by atoms with Gasteiger partial charge in [0.05, 0.1) is 11.2 Å². The minimum atomic E-state index is -0.0116. The molecule has 4 heteroatoms. The fourth-order valence-electron chi connectivity index (χ4n) is 3.12. The molecule has 0 radical (unpaired) electrons. The molecule has 1 heterocycles. The predicted molar refractivity (Wildman–Crippen MR) is 92.4 cm³/mol. The summed E-state index contributed by atoms with van der Waals surface area (Å²) in [6.07, 6.45) is 3.61. The number of rotatable bonds is 5. The maximum atomic E-state index is 12.4. The summed E-state index contributed by atoms with van der Waals surface area (Å²) in [6.45, 7) is 3.42. The first kappa shape index (κ1) is 15.5. The van der Waals surface area contributed by atoms with Gasteiger partial charge in [0.1, 0.15) is 0 Å². The zero-order valence-corrected chi connectivity index (χ0v) is 14.3. The van der Waals surface area contributed by atoms with E-state index in [1.165, 1.54) is 16.7 Å². The van der Waals surface area contributed by atoms with E-state index in [2.05, 4.69) is 46.0 Å². The van der Waals surface area contributed by atoms with Gasteiger partial charge in [-0.15, -0.1) is 0 Å². The van der Waals surface area contributed by atoms with E-state index >= 15 is 0 Å². The molecule has 3 nitrogen and oxygen atoms in total. The smallest absolute Gasteiger partial charge is 0.252 e. The molecule has 0 saturated heterocycles. The molecular weight excluding hydrogens is 342 g/mol. The van der Waals surface area contributed by atoms with Crippen molar-refractivity contribution in [3.05, 3.63) is 55.9 Å². The van der Waals surface area contributed by atoms with Gasteiger partial charge < -0.3 is 9.72 Å². The van der Waals surface area contributed by atoms with Crippen molar-refractivity contribution in [3.63, 3.8) is 0 Å². The van der Waals surface area contributed by atoms with E-state index in [1.807, 2.05) is 6.07 Å². The lowest BCUT2D eigenvalue weighted by Gasteiger charge is -2.23. The maximum absolute atomic E-state index is 12.4. The molecule has 3 rings (SSSR count). The van der Waals surface area contributed by atoms with Crippen molar-refractivity contribution in [3.8, 4) is 11.1 Å². The number of fused-ring (bicyclic) bond motifs is 3. The van der Waals surface area contributed by atoms with Crippen LogP contribution in [0.4, 0.5) is 0 Å². The first-order chi connectivity index (χ1) is 10.7. The molecule has 2 aromatic rings. The van der Waals surface area contributed by atoms with Crippen molar-refractivity contribution in [2.45, 2.75) is 32.6 Å². The molecule has 0 amide bonds. The van der Waals surface area contributed by atoms with Crippen LogP contribution in [0.25, 0.3) is 11.1 Å². The molecule has 1 aromatic heterocycles. The number of pyridine rings is 1. The van der Waals surface area contributed by atoms with E-state index in [0.717, 1.165) is 41.6 Å². The highest BCUT2D eigenvalue weighted by Gasteiger charge is 2.23. The van der Waals surface area contributed by atoms with Gasteiger partial charge in [-0.05, 0) is 57.4 Å². The fraction of sp³-hybridized carbons (Fsp3) is 0.389. The Morgan fingerprint density at radius 2 is 2.05 bits per heavy atom. The van der Waals surface area contributed by atoms with Crippen LogP contribution < -0.4 is 5.56 Å². The molecule has 0 unspecified atom stereocenters. The minimum Gasteiger partial charge on any atom is -0.381 e. The summed E-state index contributed by atoms with van der Waals surface area (Å²) in [6, 6.07) is 8.39. The van der Waals surface area contributed by atoms with Crippen LogP contribution >= 0.6 is 15.9 Å². The summed E-state index contributed by atoms with van der Waals surface area (Å²) in [5.74, 6) is 0. The SMILES string of the molecule is CCCOCCc1c2c(c(Br)[nH]c1=O)CCc1ccccc1-2. The molecule has 0 atom stereocenters. The van der Waals surface area contributed by atoms with Gasteiger partial charge in [-0.1, -0.05) is 31.2 Å². The average molecular weight is 362 g/mol. The lowest BCUT2D eigenvalue weighted by Crippen LogP contribution is -2.21. The van der Waals surface area contributed by atoms with Crippen LogP contribution in [0.3, 0.4) is 0 Å². The number of H-pyrrole nitrogens is 1. The normalized spacial score (nSPS) is 12.8. The van der Waals surface area contributed by atoms with Gasteiger partial charge >= 0.3 is 0 Å². The predicted octanol–water partition coefficient (Wildman–Crippen LogP) is 3.87. The number of hydrogen-bond donors (Lipinski definition) is 1. The van der Waals surface area contributed by atoms with Crippen molar-refractivity contribution in [1.82, 2.24) is 4.98 Å². The molecule has 0 saturated carbocycles. The standard InChI is InChI=1S/C18H20BrNO2/c1-2-10-22-11-9-15-16-13-6-4-3-5-12(13)7-8-14(16)17(19)20-18(15)21/h3-6H,2,7-11H2,1H3,(H,20,21). The summed E-state index contributed by atoms with van der Waals surface area (Å²) in [4.78, 5) is 15.4. The van der Waals surface area contributed by atoms with Crippen LogP contribution in [0.15, 0.2) is 33.7 Å². The molecule has 22 heavy (non-hydrogen) atoms. The Labute approximate surface area is 138 Å². The van der Waals surface area contributed by atoms with E-state index in [4.69, 9.17) is 4.74 Å². The lowest BCUT2D eigenvalue weighted by atomic mass is 9.83. The topological polar surface area (TPSA) is 42.1 Å². The van der Waals surface area contributed by atoms with E-state index in [0.29, 0.717) is 13.0 Å². The van der Waals surface area contributed by atoms with Crippen LogP contribution in [0.2, 0.25) is 0 Å². The number of aromatic amines is 1. The van der Waals surface area contributed by atoms with Crippen molar-refractivity contribution in [2.24, 2.45) is 0 Å². The van der Waals surface area contributed by atoms with E-state index in [9.17, 15) is 4.79 Å². The molecule has 1 aliphatic carbocycles. The van der Waals surface area contributed by atoms with Gasteiger partial charge in [0.15, 0.2) is 0 Å². The van der Waals surface area contributed by atoms with E-state index in [1.54, 1.807) is 0 Å². The van der Waals surface area contributed by atoms with Gasteiger partial charge in [0.25, 0.3) is 5.56 Å². The molecule has 0 fully saturated rings. The molecule has 1 aliphatic rings. The van der Waals surface area contributed by atoms with Crippen LogP contribution in [-0.2, 0) is 24.0 Å². The van der Waals surface area contributed by atoms with Gasteiger partial charge in [-0.2, -0.15) is 0 Å². The quantitative estimate of drug-likeness (QED) is 0.648. The number of nitrogens with one attached hydrogen (secondary N) is 1. The van der Waals surface area contributed by atoms with Gasteiger partial charge in [-0.3, -0.25) is 4.79 Å². The second-order valence-corrected chi connectivity index (χ2v) is 6.41. The molecular formula is C18H20BrNO2. The maximum Gasteiger partial charge on any atom is 0.252 e. The molecule has 116 valence electrons. The fourth-order valence-corrected chi connectivity index (χ4v) is 3.69. The Bertz CT molecular complexity index is 736. The monoisotopic (exact) mass is 361 g/mol. The van der Waals surface area contributed by atoms with Crippen LogP contribution in [0.1, 0.15) is 30.0 Å². The van der Waals surface area contributed by atoms with Crippen LogP contribution in [-0.4, -0.2) is 18.2 Å². The van der Waals surface area contributed by atoms with Gasteiger partial charge in [0, 0.05) is 18.6 Å². The van der Waals surface area contributed by atoms with Gasteiger partial charge in [-0.25, -0.2) is 0 Å². The highest BCUT2D eigenvalue weighted by Crippen LogP contribution is 2.37. The Morgan fingerprint density at radius 1 is 1.23 bits per heavy atom. The van der Waals surface area contributed by atoms with Crippen molar-refractivity contribution in [2.75, 3.05) is 13.2 Å². The summed E-state index contributed by atoms with van der Waals surface area (Å²) in [7, 11) is 0. The second kappa shape index (κ2) is 6.80. The molecule has 0 spiro atoms. The summed E-state index contributed by atoms with van der Waals surface area (Å²) in [5.41, 5.74) is 5.68. The first-order valence-electron chi connectivity index (χ1n) is 7.82. The summed E-state index contributed by atoms with van der Waals surface area (Å²) < 4.78 is 6.41. The zero-order chi connectivity index (χ0) is 15.5. The lowest BCUT2D eigenvalue weighted by molar-refractivity contribution is 0.138. The van der Waals surface area contributed by atoms with E-state index < -0.39 is 0 Å². The first-order valence-corrected chi connectivity index (χ1v) is 8.61. The van der Waals surface area contributed by atoms with Crippen LogP contribution in [0.5, 0.6) is 0 Å². The minimum absolute atomic E-state index is 0.0116. The van der Waals surface area contributed by atoms with E-state index in [-0.39, 0.29) is 5.56 Å². The molecule has 1 N–H and O–H groups in total. The molecule has 0 aliphatic heterocycles. The van der Waals surface area contributed by atoms with Crippen molar-refractivity contribution in [1.29, 1.82) is 0 Å². The van der Waals surface area contributed by atoms with Crippen LogP contribution in [0, 0.1) is 0 Å². The highest BCUT2D eigenvalue weighted by atomic mass is 79.9. The number of hydrogen-bond acceptors (Lipinski definition) is 2. The van der Waals surface area contributed by atoms with Gasteiger partial charge in [0.2, 0.25) is 0 Å².